The van der Waals surface area contributed by atoms with Crippen LogP contribution in [0.4, 0.5) is 20.2 Å². The predicted molar refractivity (Wildman–Crippen MR) is 80.6 cm³/mol. The molecule has 0 amide bonds. The number of benzene rings is 2. The average molecular weight is 292 g/mol. The summed E-state index contributed by atoms with van der Waals surface area (Å²) in [5.41, 5.74) is 1.96. The van der Waals surface area contributed by atoms with E-state index in [-0.39, 0.29) is 12.1 Å². The summed E-state index contributed by atoms with van der Waals surface area (Å²) in [5, 5.41) is 13.0. The van der Waals surface area contributed by atoms with Gasteiger partial charge >= 0.3 is 0 Å². The molecule has 0 saturated carbocycles. The minimum atomic E-state index is -1.04. The fourth-order valence-corrected chi connectivity index (χ4v) is 1.97. The zero-order valence-electron chi connectivity index (χ0n) is 12.0. The molecule has 2 aromatic rings. The summed E-state index contributed by atoms with van der Waals surface area (Å²) in [6, 6.07) is 10.8. The summed E-state index contributed by atoms with van der Waals surface area (Å²) < 4.78 is 26.4. The van der Waals surface area contributed by atoms with Crippen molar-refractivity contribution in [2.24, 2.45) is 0 Å². The van der Waals surface area contributed by atoms with E-state index in [9.17, 15) is 13.9 Å². The molecule has 5 heteroatoms. The molecule has 1 unspecified atom stereocenters. The second kappa shape index (κ2) is 6.54. The van der Waals surface area contributed by atoms with Crippen LogP contribution in [0, 0.1) is 11.6 Å². The Kier molecular flexibility index (Phi) is 4.75. The Morgan fingerprint density at radius 3 is 2.33 bits per heavy atom. The first-order valence-corrected chi connectivity index (χ1v) is 6.61. The van der Waals surface area contributed by atoms with Crippen LogP contribution < -0.4 is 10.2 Å². The van der Waals surface area contributed by atoms with Crippen LogP contribution >= 0.6 is 0 Å². The molecule has 2 N–H and O–H groups in total. The summed E-state index contributed by atoms with van der Waals surface area (Å²) in [5.74, 6) is -1.40. The summed E-state index contributed by atoms with van der Waals surface area (Å²) in [6.45, 7) is 0.143. The van der Waals surface area contributed by atoms with E-state index in [4.69, 9.17) is 0 Å². The number of nitrogens with one attached hydrogen (secondary N) is 1. The Balaban J connectivity index is 1.98. The van der Waals surface area contributed by atoms with Crippen LogP contribution in [0.15, 0.2) is 42.5 Å². The van der Waals surface area contributed by atoms with Crippen molar-refractivity contribution in [2.75, 3.05) is 30.9 Å². The van der Waals surface area contributed by atoms with E-state index in [1.807, 2.05) is 43.3 Å². The lowest BCUT2D eigenvalue weighted by molar-refractivity contribution is 0.186. The SMILES string of the molecule is CN(C)c1ccc(NCC(O)c2ccc(F)cc2F)cc1. The van der Waals surface area contributed by atoms with E-state index in [2.05, 4.69) is 5.32 Å². The molecule has 112 valence electrons. The summed E-state index contributed by atoms with van der Waals surface area (Å²) in [6.07, 6.45) is -1.04. The van der Waals surface area contributed by atoms with Gasteiger partial charge in [0.25, 0.3) is 0 Å². The van der Waals surface area contributed by atoms with Crippen LogP contribution in [-0.4, -0.2) is 25.7 Å². The predicted octanol–water partition coefficient (Wildman–Crippen LogP) is 3.18. The largest absolute Gasteiger partial charge is 0.386 e. The first-order valence-electron chi connectivity index (χ1n) is 6.61. The molecule has 0 aliphatic rings. The Bertz CT molecular complexity index is 600. The van der Waals surface area contributed by atoms with Gasteiger partial charge in [0.15, 0.2) is 0 Å². The van der Waals surface area contributed by atoms with Crippen molar-refractivity contribution in [1.29, 1.82) is 0 Å². The van der Waals surface area contributed by atoms with Crippen LogP contribution in [0.5, 0.6) is 0 Å². The molecule has 0 saturated heterocycles. The van der Waals surface area contributed by atoms with E-state index >= 15 is 0 Å². The number of aliphatic hydroxyl groups is 1. The van der Waals surface area contributed by atoms with Crippen molar-refractivity contribution in [1.82, 2.24) is 0 Å². The zero-order chi connectivity index (χ0) is 15.4. The van der Waals surface area contributed by atoms with Crippen LogP contribution in [0.2, 0.25) is 0 Å². The van der Waals surface area contributed by atoms with Crippen molar-refractivity contribution in [3.63, 3.8) is 0 Å². The standard InChI is InChI=1S/C16H18F2N2O/c1-20(2)13-6-4-12(5-7-13)19-10-16(21)14-8-3-11(17)9-15(14)18/h3-9,16,19,21H,10H2,1-2H3. The third kappa shape index (κ3) is 3.92. The van der Waals surface area contributed by atoms with Crippen molar-refractivity contribution in [3.05, 3.63) is 59.7 Å². The van der Waals surface area contributed by atoms with Gasteiger partial charge < -0.3 is 15.3 Å². The quantitative estimate of drug-likeness (QED) is 0.888. The Morgan fingerprint density at radius 2 is 1.76 bits per heavy atom. The van der Waals surface area contributed by atoms with Gasteiger partial charge in [0, 0.05) is 43.6 Å². The fourth-order valence-electron chi connectivity index (χ4n) is 1.97. The molecule has 0 aliphatic heterocycles. The highest BCUT2D eigenvalue weighted by molar-refractivity contribution is 5.54. The number of rotatable bonds is 5. The van der Waals surface area contributed by atoms with Crippen LogP contribution in [0.1, 0.15) is 11.7 Å². The van der Waals surface area contributed by atoms with Gasteiger partial charge in [0.05, 0.1) is 6.10 Å². The summed E-state index contributed by atoms with van der Waals surface area (Å²) >= 11 is 0. The maximum absolute atomic E-state index is 13.5. The highest BCUT2D eigenvalue weighted by Gasteiger charge is 2.13. The maximum Gasteiger partial charge on any atom is 0.131 e. The van der Waals surface area contributed by atoms with Gasteiger partial charge in [0.1, 0.15) is 11.6 Å². The zero-order valence-corrected chi connectivity index (χ0v) is 12.0. The fraction of sp³-hybridized carbons (Fsp3) is 0.250. The maximum atomic E-state index is 13.5. The lowest BCUT2D eigenvalue weighted by atomic mass is 10.1. The number of hydrogen-bond acceptors (Lipinski definition) is 3. The van der Waals surface area contributed by atoms with Gasteiger partial charge in [0.2, 0.25) is 0 Å². The molecule has 0 fully saturated rings. The molecule has 0 aromatic heterocycles. The van der Waals surface area contributed by atoms with Crippen molar-refractivity contribution >= 4 is 11.4 Å². The summed E-state index contributed by atoms with van der Waals surface area (Å²) in [7, 11) is 3.90. The minimum Gasteiger partial charge on any atom is -0.386 e. The third-order valence-electron chi connectivity index (χ3n) is 3.20. The molecule has 1 atom stereocenters. The Hall–Kier alpha value is -2.14. The molecule has 0 heterocycles. The first-order chi connectivity index (χ1) is 9.97. The lowest BCUT2D eigenvalue weighted by Gasteiger charge is -2.16. The molecular formula is C16H18F2N2O. The van der Waals surface area contributed by atoms with E-state index < -0.39 is 17.7 Å². The van der Waals surface area contributed by atoms with E-state index in [0.717, 1.165) is 23.5 Å². The third-order valence-corrected chi connectivity index (χ3v) is 3.20. The Morgan fingerprint density at radius 1 is 1.10 bits per heavy atom. The molecule has 3 nitrogen and oxygen atoms in total. The smallest absolute Gasteiger partial charge is 0.131 e. The van der Waals surface area contributed by atoms with E-state index in [0.29, 0.717) is 0 Å². The number of aliphatic hydroxyl groups excluding tert-OH is 1. The van der Waals surface area contributed by atoms with Crippen LogP contribution in [-0.2, 0) is 0 Å². The second-order valence-electron chi connectivity index (χ2n) is 5.00. The molecular weight excluding hydrogens is 274 g/mol. The lowest BCUT2D eigenvalue weighted by Crippen LogP contribution is -2.14. The summed E-state index contributed by atoms with van der Waals surface area (Å²) in [4.78, 5) is 1.98. The molecule has 0 bridgehead atoms. The van der Waals surface area contributed by atoms with Crippen molar-refractivity contribution in [2.45, 2.75) is 6.10 Å². The Labute approximate surface area is 122 Å². The highest BCUT2D eigenvalue weighted by atomic mass is 19.1. The van der Waals surface area contributed by atoms with Gasteiger partial charge in [-0.2, -0.15) is 0 Å². The molecule has 2 rings (SSSR count). The van der Waals surface area contributed by atoms with Gasteiger partial charge in [-0.25, -0.2) is 8.78 Å². The molecule has 0 radical (unpaired) electrons. The monoisotopic (exact) mass is 292 g/mol. The number of nitrogens with zero attached hydrogens (tertiary/aromatic N) is 1. The minimum absolute atomic E-state index is 0.0776. The number of halogens is 2. The molecule has 0 spiro atoms. The van der Waals surface area contributed by atoms with Crippen LogP contribution in [0.25, 0.3) is 0 Å². The van der Waals surface area contributed by atoms with Crippen molar-refractivity contribution < 1.29 is 13.9 Å². The van der Waals surface area contributed by atoms with Crippen LogP contribution in [0.3, 0.4) is 0 Å². The van der Waals surface area contributed by atoms with Gasteiger partial charge in [-0.05, 0) is 30.3 Å². The first kappa shape index (κ1) is 15.3. The van der Waals surface area contributed by atoms with Crippen molar-refractivity contribution in [3.8, 4) is 0 Å². The molecule has 0 aliphatic carbocycles. The normalized spacial score (nSPS) is 12.0. The number of hydrogen-bond donors (Lipinski definition) is 2. The van der Waals surface area contributed by atoms with E-state index in [1.54, 1.807) is 0 Å². The second-order valence-corrected chi connectivity index (χ2v) is 5.00. The molecule has 21 heavy (non-hydrogen) atoms. The highest BCUT2D eigenvalue weighted by Crippen LogP contribution is 2.20. The topological polar surface area (TPSA) is 35.5 Å². The number of anilines is 2. The van der Waals surface area contributed by atoms with Gasteiger partial charge in [-0.15, -0.1) is 0 Å². The van der Waals surface area contributed by atoms with E-state index in [1.165, 1.54) is 6.07 Å². The average Bonchev–Trinajstić information content (AvgIpc) is 2.45. The molecule has 2 aromatic carbocycles. The van der Waals surface area contributed by atoms with Gasteiger partial charge in [-0.1, -0.05) is 6.07 Å². The van der Waals surface area contributed by atoms with Gasteiger partial charge in [-0.3, -0.25) is 0 Å².